The van der Waals surface area contributed by atoms with E-state index in [1.54, 1.807) is 0 Å². The Morgan fingerprint density at radius 3 is 2.42 bits per heavy atom. The summed E-state index contributed by atoms with van der Waals surface area (Å²) in [6, 6.07) is 18.4. The monoisotopic (exact) mass is 266 g/mol. The van der Waals surface area contributed by atoms with Gasteiger partial charge in [0.2, 0.25) is 0 Å². The molecule has 1 saturated carbocycles. The van der Waals surface area contributed by atoms with E-state index >= 15 is 0 Å². The van der Waals surface area contributed by atoms with Crippen molar-refractivity contribution in [3.8, 4) is 11.8 Å². The lowest BCUT2D eigenvalue weighted by molar-refractivity contribution is 0.746. The molecule has 0 heterocycles. The van der Waals surface area contributed by atoms with Crippen LogP contribution in [0.5, 0.6) is 0 Å². The van der Waals surface area contributed by atoms with E-state index < -0.39 is 0 Å². The highest BCUT2D eigenvalue weighted by Crippen LogP contribution is 2.53. The minimum Gasteiger partial charge on any atom is -0.0935 e. The third-order valence-corrected chi connectivity index (χ3v) is 4.16. The van der Waals surface area contributed by atoms with Crippen molar-refractivity contribution in [2.45, 2.75) is 18.8 Å². The summed E-state index contributed by atoms with van der Waals surface area (Å²) in [4.78, 5) is 0. The zero-order chi connectivity index (χ0) is 13.3. The molecule has 2 aromatic rings. The fourth-order valence-corrected chi connectivity index (χ4v) is 2.54. The van der Waals surface area contributed by atoms with Gasteiger partial charge >= 0.3 is 0 Å². The Morgan fingerprint density at radius 1 is 1.05 bits per heavy atom. The molecule has 19 heavy (non-hydrogen) atoms. The van der Waals surface area contributed by atoms with Crippen LogP contribution in [0, 0.1) is 17.8 Å². The average Bonchev–Trinajstić information content (AvgIpc) is 3.12. The van der Waals surface area contributed by atoms with Gasteiger partial charge in [0.25, 0.3) is 0 Å². The first-order valence-electron chi connectivity index (χ1n) is 6.51. The predicted octanol–water partition coefficient (Wildman–Crippen LogP) is 4.67. The summed E-state index contributed by atoms with van der Waals surface area (Å²) in [5.41, 5.74) is 2.66. The average molecular weight is 267 g/mol. The van der Waals surface area contributed by atoms with Crippen molar-refractivity contribution in [3.63, 3.8) is 0 Å². The Hall–Kier alpha value is -1.71. The van der Waals surface area contributed by atoms with Crippen LogP contribution in [0.4, 0.5) is 0 Å². The highest BCUT2D eigenvalue weighted by molar-refractivity contribution is 6.30. The van der Waals surface area contributed by atoms with E-state index in [9.17, 15) is 0 Å². The van der Waals surface area contributed by atoms with Crippen LogP contribution in [0.3, 0.4) is 0 Å². The minimum atomic E-state index is 0.237. The third-order valence-electron chi connectivity index (χ3n) is 3.91. The first-order valence-corrected chi connectivity index (χ1v) is 6.89. The van der Waals surface area contributed by atoms with Crippen LogP contribution in [0.1, 0.15) is 24.5 Å². The van der Waals surface area contributed by atoms with Gasteiger partial charge < -0.3 is 0 Å². The summed E-state index contributed by atoms with van der Waals surface area (Å²) in [6.45, 7) is 2.30. The Balaban J connectivity index is 1.76. The molecule has 0 radical (unpaired) electrons. The second kappa shape index (κ2) is 4.76. The molecule has 1 aliphatic rings. The summed E-state index contributed by atoms with van der Waals surface area (Å²) in [7, 11) is 0. The zero-order valence-electron chi connectivity index (χ0n) is 10.9. The number of rotatable bonds is 1. The van der Waals surface area contributed by atoms with Gasteiger partial charge in [-0.1, -0.05) is 60.7 Å². The van der Waals surface area contributed by atoms with Crippen molar-refractivity contribution in [1.82, 2.24) is 0 Å². The summed E-state index contributed by atoms with van der Waals surface area (Å²) in [5, 5.41) is 0.756. The zero-order valence-corrected chi connectivity index (χ0v) is 11.6. The molecule has 0 bridgehead atoms. The second-order valence-electron chi connectivity index (χ2n) is 5.32. The molecule has 1 fully saturated rings. The van der Waals surface area contributed by atoms with Crippen molar-refractivity contribution in [2.24, 2.45) is 5.92 Å². The lowest BCUT2D eigenvalue weighted by atomic mass is 9.96. The maximum absolute atomic E-state index is 5.86. The highest BCUT2D eigenvalue weighted by atomic mass is 35.5. The van der Waals surface area contributed by atoms with E-state index in [0.29, 0.717) is 5.92 Å². The molecule has 0 N–H and O–H groups in total. The molecule has 0 nitrogen and oxygen atoms in total. The highest BCUT2D eigenvalue weighted by Gasteiger charge is 2.50. The SMILES string of the molecule is C[C@@]1(c2ccccc2)C[C@H]1C#Cc1ccc(Cl)cc1. The molecule has 94 valence electrons. The first kappa shape index (κ1) is 12.3. The molecule has 0 amide bonds. The topological polar surface area (TPSA) is 0 Å². The second-order valence-corrected chi connectivity index (χ2v) is 5.75. The van der Waals surface area contributed by atoms with Crippen LogP contribution >= 0.6 is 11.6 Å². The van der Waals surface area contributed by atoms with Gasteiger partial charge in [-0.05, 0) is 36.2 Å². The van der Waals surface area contributed by atoms with Crippen molar-refractivity contribution >= 4 is 11.6 Å². The fraction of sp³-hybridized carbons (Fsp3) is 0.222. The number of hydrogen-bond donors (Lipinski definition) is 0. The van der Waals surface area contributed by atoms with Crippen molar-refractivity contribution < 1.29 is 0 Å². The maximum atomic E-state index is 5.86. The van der Waals surface area contributed by atoms with Crippen molar-refractivity contribution in [3.05, 3.63) is 70.7 Å². The molecule has 1 heteroatoms. The van der Waals surface area contributed by atoms with Gasteiger partial charge in [0, 0.05) is 21.9 Å². The molecule has 2 atom stereocenters. The number of hydrogen-bond acceptors (Lipinski definition) is 0. The molecule has 0 spiro atoms. The molecular weight excluding hydrogens is 252 g/mol. The van der Waals surface area contributed by atoms with Crippen LogP contribution in [0.25, 0.3) is 0 Å². The standard InChI is InChI=1S/C18H15Cl/c1-18(15-5-3-2-4-6-15)13-16(18)10-7-14-8-11-17(19)12-9-14/h2-6,8-9,11-12,16H,13H2,1H3/t16-,18+/m1/s1. The molecule has 0 saturated heterocycles. The minimum absolute atomic E-state index is 0.237. The van der Waals surface area contributed by atoms with Gasteiger partial charge in [0.1, 0.15) is 0 Å². The van der Waals surface area contributed by atoms with Crippen LogP contribution in [0.2, 0.25) is 5.02 Å². The smallest absolute Gasteiger partial charge is 0.0406 e. The van der Waals surface area contributed by atoms with Gasteiger partial charge in [-0.3, -0.25) is 0 Å². The quantitative estimate of drug-likeness (QED) is 0.658. The van der Waals surface area contributed by atoms with E-state index in [2.05, 4.69) is 49.1 Å². The van der Waals surface area contributed by atoms with E-state index in [1.165, 1.54) is 5.56 Å². The molecule has 1 aliphatic carbocycles. The Morgan fingerprint density at radius 2 is 1.74 bits per heavy atom. The summed E-state index contributed by atoms with van der Waals surface area (Å²) in [5.74, 6) is 7.10. The third kappa shape index (κ3) is 2.53. The van der Waals surface area contributed by atoms with Crippen LogP contribution in [-0.2, 0) is 5.41 Å². The fourth-order valence-electron chi connectivity index (χ4n) is 2.42. The molecule has 3 rings (SSSR count). The summed E-state index contributed by atoms with van der Waals surface area (Å²) >= 11 is 5.86. The molecular formula is C18H15Cl. The molecule has 0 aliphatic heterocycles. The number of halogens is 1. The number of benzene rings is 2. The van der Waals surface area contributed by atoms with Gasteiger partial charge in [-0.15, -0.1) is 0 Å². The van der Waals surface area contributed by atoms with E-state index in [4.69, 9.17) is 11.6 Å². The van der Waals surface area contributed by atoms with Crippen molar-refractivity contribution in [2.75, 3.05) is 0 Å². The van der Waals surface area contributed by atoms with Crippen LogP contribution in [-0.4, -0.2) is 0 Å². The normalized spacial score (nSPS) is 24.4. The van der Waals surface area contributed by atoms with Gasteiger partial charge in [0.15, 0.2) is 0 Å². The van der Waals surface area contributed by atoms with Crippen LogP contribution in [0.15, 0.2) is 54.6 Å². The largest absolute Gasteiger partial charge is 0.0935 e. The molecule has 0 aromatic heterocycles. The van der Waals surface area contributed by atoms with Crippen molar-refractivity contribution in [1.29, 1.82) is 0 Å². The van der Waals surface area contributed by atoms with Gasteiger partial charge in [0.05, 0.1) is 0 Å². The van der Waals surface area contributed by atoms with E-state index in [1.807, 2.05) is 24.3 Å². The lowest BCUT2D eigenvalue weighted by Crippen LogP contribution is -2.02. The maximum Gasteiger partial charge on any atom is 0.0406 e. The van der Waals surface area contributed by atoms with E-state index in [-0.39, 0.29) is 5.41 Å². The lowest BCUT2D eigenvalue weighted by Gasteiger charge is -2.08. The predicted molar refractivity (Wildman–Crippen MR) is 80.2 cm³/mol. The molecule has 0 unspecified atom stereocenters. The van der Waals surface area contributed by atoms with Gasteiger partial charge in [-0.2, -0.15) is 0 Å². The Labute approximate surface area is 119 Å². The van der Waals surface area contributed by atoms with E-state index in [0.717, 1.165) is 17.0 Å². The van der Waals surface area contributed by atoms with Crippen LogP contribution < -0.4 is 0 Å². The van der Waals surface area contributed by atoms with Gasteiger partial charge in [-0.25, -0.2) is 0 Å². The summed E-state index contributed by atoms with van der Waals surface area (Å²) in [6.07, 6.45) is 1.15. The Kier molecular flexibility index (Phi) is 3.09. The first-order chi connectivity index (χ1) is 9.18. The summed E-state index contributed by atoms with van der Waals surface area (Å²) < 4.78 is 0. The molecule has 2 aromatic carbocycles. The Bertz CT molecular complexity index is 631.